The number of hydrogen-bond donors (Lipinski definition) is 1. The fourth-order valence-corrected chi connectivity index (χ4v) is 2.46. The average molecular weight is 250 g/mol. The summed E-state index contributed by atoms with van der Waals surface area (Å²) in [5, 5.41) is 10.9. The first-order chi connectivity index (χ1) is 8.65. The van der Waals surface area contributed by atoms with Gasteiger partial charge in [-0.25, -0.2) is 4.39 Å². The molecule has 0 saturated carbocycles. The van der Waals surface area contributed by atoms with Crippen molar-refractivity contribution in [3.8, 4) is 0 Å². The normalized spacial score (nSPS) is 25.7. The van der Waals surface area contributed by atoms with Crippen LogP contribution >= 0.6 is 0 Å². The van der Waals surface area contributed by atoms with Crippen LogP contribution < -0.4 is 0 Å². The lowest BCUT2D eigenvalue weighted by atomic mass is 9.98. The van der Waals surface area contributed by atoms with E-state index in [-0.39, 0.29) is 11.9 Å². The van der Waals surface area contributed by atoms with E-state index in [9.17, 15) is 9.50 Å². The van der Waals surface area contributed by atoms with E-state index in [2.05, 4.69) is 0 Å². The molecule has 18 heavy (non-hydrogen) atoms. The Bertz CT molecular complexity index is 563. The van der Waals surface area contributed by atoms with Crippen LogP contribution in [0.2, 0.25) is 0 Å². The number of aliphatic hydroxyl groups excluding tert-OH is 1. The maximum Gasteiger partial charge on any atom is 0.138 e. The molecule has 1 saturated heterocycles. The van der Waals surface area contributed by atoms with Crippen molar-refractivity contribution < 1.29 is 18.7 Å². The smallest absolute Gasteiger partial charge is 0.138 e. The first-order valence-electron chi connectivity index (χ1n) is 6.14. The molecule has 1 aliphatic rings. The Morgan fingerprint density at radius 1 is 1.39 bits per heavy atom. The van der Waals surface area contributed by atoms with Gasteiger partial charge < -0.3 is 14.3 Å². The van der Waals surface area contributed by atoms with Crippen molar-refractivity contribution in [3.63, 3.8) is 0 Å². The molecule has 3 atom stereocenters. The van der Waals surface area contributed by atoms with Crippen LogP contribution in [0.4, 0.5) is 4.39 Å². The fraction of sp³-hybridized carbons (Fsp3) is 0.429. The molecule has 1 fully saturated rings. The highest BCUT2D eigenvalue weighted by atomic mass is 19.1. The van der Waals surface area contributed by atoms with E-state index < -0.39 is 6.10 Å². The third-order valence-electron chi connectivity index (χ3n) is 3.54. The number of ether oxygens (including phenoxy) is 1. The number of aliphatic hydroxyl groups is 1. The number of rotatable bonds is 2. The number of fused-ring (bicyclic) bond motifs is 1. The van der Waals surface area contributed by atoms with Crippen LogP contribution in [0.1, 0.15) is 25.2 Å². The molecular weight excluding hydrogens is 235 g/mol. The Balaban J connectivity index is 1.93. The zero-order chi connectivity index (χ0) is 12.7. The topological polar surface area (TPSA) is 42.6 Å². The summed E-state index contributed by atoms with van der Waals surface area (Å²) in [7, 11) is 0. The molecule has 0 amide bonds. The summed E-state index contributed by atoms with van der Waals surface area (Å²) in [4.78, 5) is 0. The molecule has 2 heterocycles. The summed E-state index contributed by atoms with van der Waals surface area (Å²) in [5.41, 5.74) is 0.580. The van der Waals surface area contributed by atoms with Crippen molar-refractivity contribution in [2.24, 2.45) is 5.92 Å². The van der Waals surface area contributed by atoms with E-state index in [1.807, 2.05) is 6.92 Å². The minimum absolute atomic E-state index is 0.240. The van der Waals surface area contributed by atoms with Crippen molar-refractivity contribution in [3.05, 3.63) is 35.8 Å². The van der Waals surface area contributed by atoms with Crippen LogP contribution in [0.5, 0.6) is 0 Å². The van der Waals surface area contributed by atoms with E-state index in [0.717, 1.165) is 6.42 Å². The molecule has 1 aromatic heterocycles. The first kappa shape index (κ1) is 11.7. The third kappa shape index (κ3) is 1.91. The molecule has 1 N–H and O–H groups in total. The second-order valence-electron chi connectivity index (χ2n) is 4.88. The van der Waals surface area contributed by atoms with Gasteiger partial charge in [-0.05, 0) is 36.6 Å². The summed E-state index contributed by atoms with van der Waals surface area (Å²) in [6.07, 6.45) is -0.0929. The van der Waals surface area contributed by atoms with E-state index in [4.69, 9.17) is 9.15 Å². The lowest BCUT2D eigenvalue weighted by molar-refractivity contribution is -0.0270. The van der Waals surface area contributed by atoms with Crippen LogP contribution in [-0.4, -0.2) is 17.8 Å². The summed E-state index contributed by atoms with van der Waals surface area (Å²) < 4.78 is 24.1. The fourth-order valence-electron chi connectivity index (χ4n) is 2.46. The predicted molar refractivity (Wildman–Crippen MR) is 64.7 cm³/mol. The monoisotopic (exact) mass is 250 g/mol. The average Bonchev–Trinajstić information content (AvgIpc) is 2.93. The number of halogens is 1. The Morgan fingerprint density at radius 3 is 2.94 bits per heavy atom. The van der Waals surface area contributed by atoms with Crippen molar-refractivity contribution in [2.45, 2.75) is 25.6 Å². The maximum atomic E-state index is 13.1. The van der Waals surface area contributed by atoms with Crippen LogP contribution in [0.25, 0.3) is 11.0 Å². The van der Waals surface area contributed by atoms with Crippen molar-refractivity contribution in [1.29, 1.82) is 0 Å². The predicted octanol–water partition coefficient (Wildman–Crippen LogP) is 3.03. The highest BCUT2D eigenvalue weighted by Gasteiger charge is 2.33. The van der Waals surface area contributed by atoms with Crippen molar-refractivity contribution in [1.82, 2.24) is 0 Å². The molecular formula is C14H15FO3. The zero-order valence-corrected chi connectivity index (χ0v) is 10.1. The molecule has 0 bridgehead atoms. The van der Waals surface area contributed by atoms with Crippen LogP contribution in [0, 0.1) is 11.7 Å². The van der Waals surface area contributed by atoms with Crippen LogP contribution in [-0.2, 0) is 4.74 Å². The van der Waals surface area contributed by atoms with Crippen LogP contribution in [0.15, 0.2) is 28.7 Å². The van der Waals surface area contributed by atoms with Gasteiger partial charge in [-0.15, -0.1) is 0 Å². The second kappa shape index (κ2) is 4.37. The maximum absolute atomic E-state index is 13.1. The highest BCUT2D eigenvalue weighted by molar-refractivity contribution is 5.77. The standard InChI is InChI=1S/C14H15FO3/c1-8-4-5-17-14(8)13(16)12-7-9-6-10(15)2-3-11(9)18-12/h2-3,6-8,13-14,16H,4-5H2,1H3. The van der Waals surface area contributed by atoms with Gasteiger partial charge in [0.25, 0.3) is 0 Å². The molecule has 4 heteroatoms. The molecule has 3 rings (SSSR count). The molecule has 96 valence electrons. The van der Waals surface area contributed by atoms with Crippen molar-refractivity contribution >= 4 is 11.0 Å². The van der Waals surface area contributed by atoms with Gasteiger partial charge in [0.15, 0.2) is 0 Å². The molecule has 2 aromatic rings. The number of benzene rings is 1. The Morgan fingerprint density at radius 2 is 2.22 bits per heavy atom. The van der Waals surface area contributed by atoms with E-state index in [1.165, 1.54) is 12.1 Å². The summed E-state index contributed by atoms with van der Waals surface area (Å²) in [6.45, 7) is 2.71. The minimum Gasteiger partial charge on any atom is -0.458 e. The van der Waals surface area contributed by atoms with Gasteiger partial charge in [0.2, 0.25) is 0 Å². The first-order valence-corrected chi connectivity index (χ1v) is 6.14. The lowest BCUT2D eigenvalue weighted by Gasteiger charge is -2.19. The third-order valence-corrected chi connectivity index (χ3v) is 3.54. The van der Waals surface area contributed by atoms with Gasteiger partial charge in [0.1, 0.15) is 23.3 Å². The van der Waals surface area contributed by atoms with Gasteiger partial charge in [-0.1, -0.05) is 6.92 Å². The van der Waals surface area contributed by atoms with Crippen molar-refractivity contribution in [2.75, 3.05) is 6.61 Å². The van der Waals surface area contributed by atoms with Gasteiger partial charge in [0, 0.05) is 12.0 Å². The summed E-state index contributed by atoms with van der Waals surface area (Å²) in [6, 6.07) is 5.99. The zero-order valence-electron chi connectivity index (χ0n) is 10.1. The Kier molecular flexibility index (Phi) is 2.84. The quantitative estimate of drug-likeness (QED) is 0.890. The van der Waals surface area contributed by atoms with E-state index >= 15 is 0 Å². The molecule has 3 unspecified atom stereocenters. The number of hydrogen-bond acceptors (Lipinski definition) is 3. The Labute approximate surface area is 104 Å². The molecule has 1 aromatic carbocycles. The molecule has 1 aliphatic heterocycles. The van der Waals surface area contributed by atoms with Gasteiger partial charge in [-0.2, -0.15) is 0 Å². The largest absolute Gasteiger partial charge is 0.458 e. The summed E-state index contributed by atoms with van der Waals surface area (Å²) in [5.74, 6) is 0.425. The number of furan rings is 1. The van der Waals surface area contributed by atoms with E-state index in [0.29, 0.717) is 29.3 Å². The molecule has 0 aliphatic carbocycles. The molecule has 0 spiro atoms. The molecule has 3 nitrogen and oxygen atoms in total. The SMILES string of the molecule is CC1CCOC1C(O)c1cc2cc(F)ccc2o1. The minimum atomic E-state index is -0.794. The van der Waals surface area contributed by atoms with Gasteiger partial charge in [0.05, 0.1) is 6.10 Å². The highest BCUT2D eigenvalue weighted by Crippen LogP contribution is 2.33. The summed E-state index contributed by atoms with van der Waals surface area (Å²) >= 11 is 0. The van der Waals surface area contributed by atoms with Gasteiger partial charge in [-0.3, -0.25) is 0 Å². The van der Waals surface area contributed by atoms with Gasteiger partial charge >= 0.3 is 0 Å². The Hall–Kier alpha value is -1.39. The lowest BCUT2D eigenvalue weighted by Crippen LogP contribution is -2.22. The van der Waals surface area contributed by atoms with E-state index in [1.54, 1.807) is 12.1 Å². The van der Waals surface area contributed by atoms with Crippen LogP contribution in [0.3, 0.4) is 0 Å². The second-order valence-corrected chi connectivity index (χ2v) is 4.88. The molecule has 0 radical (unpaired) electrons.